The van der Waals surface area contributed by atoms with Crippen LogP contribution in [0.4, 0.5) is 5.13 Å². The molecule has 0 saturated carbocycles. The first-order valence-corrected chi connectivity index (χ1v) is 12.0. The summed E-state index contributed by atoms with van der Waals surface area (Å²) in [4.78, 5) is 20.4. The molecule has 0 N–H and O–H groups in total. The number of anilines is 1. The Morgan fingerprint density at radius 2 is 1.91 bits per heavy atom. The molecule has 1 fully saturated rings. The number of ketones is 1. The maximum absolute atomic E-state index is 13.1. The fraction of sp³-hybridized carbons (Fsp3) is 0.308. The van der Waals surface area contributed by atoms with Crippen LogP contribution in [0.1, 0.15) is 46.6 Å². The highest BCUT2D eigenvalue weighted by Crippen LogP contribution is 2.25. The highest BCUT2D eigenvalue weighted by molar-refractivity contribution is 7.13. The zero-order valence-corrected chi connectivity index (χ0v) is 19.1. The smallest absolute Gasteiger partial charge is 0.185 e. The van der Waals surface area contributed by atoms with Gasteiger partial charge in [0.2, 0.25) is 0 Å². The van der Waals surface area contributed by atoms with Gasteiger partial charge in [0.15, 0.2) is 10.9 Å². The molecule has 0 aliphatic carbocycles. The lowest BCUT2D eigenvalue weighted by atomic mass is 10.0. The van der Waals surface area contributed by atoms with Crippen LogP contribution in [0.2, 0.25) is 0 Å². The largest absolute Gasteiger partial charge is 0.472 e. The van der Waals surface area contributed by atoms with Crippen molar-refractivity contribution in [2.45, 2.75) is 39.2 Å². The average molecular weight is 446 g/mol. The van der Waals surface area contributed by atoms with Gasteiger partial charge in [0, 0.05) is 36.7 Å². The third-order valence-corrected chi connectivity index (χ3v) is 6.94. The third kappa shape index (κ3) is 4.55. The minimum atomic E-state index is 0.126. The van der Waals surface area contributed by atoms with Gasteiger partial charge in [-0.15, -0.1) is 11.3 Å². The fourth-order valence-electron chi connectivity index (χ4n) is 4.32. The molecular formula is C26H27N3O2S. The molecule has 0 atom stereocenters. The zero-order valence-electron chi connectivity index (χ0n) is 18.3. The molecule has 5 rings (SSSR count). The fourth-order valence-corrected chi connectivity index (χ4v) is 5.19. The number of aromatic nitrogens is 2. The van der Waals surface area contributed by atoms with E-state index < -0.39 is 0 Å². The second-order valence-corrected chi connectivity index (χ2v) is 9.35. The van der Waals surface area contributed by atoms with Gasteiger partial charge in [-0.1, -0.05) is 24.3 Å². The van der Waals surface area contributed by atoms with E-state index in [0.717, 1.165) is 51.9 Å². The second-order valence-electron chi connectivity index (χ2n) is 8.51. The van der Waals surface area contributed by atoms with Gasteiger partial charge in [0.25, 0.3) is 0 Å². The number of thiazole rings is 1. The molecular weight excluding hydrogens is 418 g/mol. The summed E-state index contributed by atoms with van der Waals surface area (Å²) in [5.41, 5.74) is 5.99. The predicted octanol–water partition coefficient (Wildman–Crippen LogP) is 5.98. The number of carbonyl (C=O) groups is 1. The van der Waals surface area contributed by atoms with E-state index in [1.54, 1.807) is 23.9 Å². The Labute approximate surface area is 192 Å². The van der Waals surface area contributed by atoms with Gasteiger partial charge < -0.3 is 13.9 Å². The van der Waals surface area contributed by atoms with Gasteiger partial charge in [0.05, 0.1) is 30.5 Å². The Morgan fingerprint density at radius 1 is 1.09 bits per heavy atom. The van der Waals surface area contributed by atoms with E-state index in [9.17, 15) is 4.79 Å². The molecule has 1 aliphatic heterocycles. The van der Waals surface area contributed by atoms with Gasteiger partial charge in [-0.2, -0.15) is 0 Å². The molecule has 0 radical (unpaired) electrons. The molecule has 0 amide bonds. The Hall–Kier alpha value is -3.12. The first kappa shape index (κ1) is 20.8. The molecule has 4 heterocycles. The van der Waals surface area contributed by atoms with Crippen LogP contribution in [0.3, 0.4) is 0 Å². The van der Waals surface area contributed by atoms with E-state index in [2.05, 4.69) is 16.5 Å². The van der Waals surface area contributed by atoms with E-state index in [1.807, 2.05) is 47.9 Å². The molecule has 3 aromatic heterocycles. The summed E-state index contributed by atoms with van der Waals surface area (Å²) in [6.07, 6.45) is 9.63. The maximum atomic E-state index is 13.1. The summed E-state index contributed by atoms with van der Waals surface area (Å²) in [5.74, 6) is 0.126. The van der Waals surface area contributed by atoms with Crippen LogP contribution < -0.4 is 4.90 Å². The molecule has 1 aromatic carbocycles. The van der Waals surface area contributed by atoms with Gasteiger partial charge in [-0.3, -0.25) is 4.79 Å². The number of hydrogen-bond acceptors (Lipinski definition) is 5. The highest BCUT2D eigenvalue weighted by atomic mass is 32.1. The molecule has 32 heavy (non-hydrogen) atoms. The van der Waals surface area contributed by atoms with Crippen molar-refractivity contribution in [1.29, 1.82) is 0 Å². The topological polar surface area (TPSA) is 51.3 Å². The van der Waals surface area contributed by atoms with Crippen molar-refractivity contribution in [2.24, 2.45) is 0 Å². The SMILES string of the molecule is Cc1cc(C(=O)Cc2ccc(-c3ccoc3)cc2)n(Cc2csc(N3CCCCC3)n2)c1. The molecule has 4 aromatic rings. The summed E-state index contributed by atoms with van der Waals surface area (Å²) in [7, 11) is 0. The zero-order chi connectivity index (χ0) is 21.9. The van der Waals surface area contributed by atoms with E-state index in [-0.39, 0.29) is 5.78 Å². The normalized spacial score (nSPS) is 14.1. The van der Waals surface area contributed by atoms with Crippen molar-refractivity contribution < 1.29 is 9.21 Å². The van der Waals surface area contributed by atoms with E-state index in [0.29, 0.717) is 13.0 Å². The van der Waals surface area contributed by atoms with Crippen molar-refractivity contribution in [1.82, 2.24) is 9.55 Å². The quantitative estimate of drug-likeness (QED) is 0.329. The van der Waals surface area contributed by atoms with Gasteiger partial charge >= 0.3 is 0 Å². The number of Topliss-reactive ketones (excluding diaryl/α,β-unsaturated/α-hetero) is 1. The standard InChI is InChI=1S/C26H27N3O2S/c1-19-13-24(25(30)14-20-5-7-21(8-6-20)22-9-12-31-17-22)29(15-19)16-23-18-32-26(27-23)28-10-3-2-4-11-28/h5-9,12-13,15,17-18H,2-4,10-11,14,16H2,1H3. The Bertz CT molecular complexity index is 1180. The monoisotopic (exact) mass is 445 g/mol. The lowest BCUT2D eigenvalue weighted by molar-refractivity contribution is 0.0984. The van der Waals surface area contributed by atoms with Crippen LogP contribution in [-0.2, 0) is 13.0 Å². The minimum Gasteiger partial charge on any atom is -0.472 e. The van der Waals surface area contributed by atoms with Crippen LogP contribution >= 0.6 is 11.3 Å². The number of furan rings is 1. The lowest BCUT2D eigenvalue weighted by Crippen LogP contribution is -2.29. The van der Waals surface area contributed by atoms with Crippen molar-refractivity contribution >= 4 is 22.3 Å². The number of rotatable bonds is 7. The third-order valence-electron chi connectivity index (χ3n) is 5.99. The second kappa shape index (κ2) is 9.17. The van der Waals surface area contributed by atoms with Crippen LogP contribution in [0.15, 0.2) is 64.9 Å². The number of aryl methyl sites for hydroxylation is 1. The van der Waals surface area contributed by atoms with E-state index in [1.165, 1.54) is 19.3 Å². The molecule has 0 bridgehead atoms. The summed E-state index contributed by atoms with van der Waals surface area (Å²) in [6, 6.07) is 12.0. The number of piperidine rings is 1. The summed E-state index contributed by atoms with van der Waals surface area (Å²) >= 11 is 1.71. The number of hydrogen-bond donors (Lipinski definition) is 0. The molecule has 0 unspecified atom stereocenters. The molecule has 164 valence electrons. The first-order chi connectivity index (χ1) is 15.7. The van der Waals surface area contributed by atoms with Crippen LogP contribution in [0, 0.1) is 6.92 Å². The van der Waals surface area contributed by atoms with Crippen molar-refractivity contribution in [3.63, 3.8) is 0 Å². The summed E-state index contributed by atoms with van der Waals surface area (Å²) in [6.45, 7) is 4.85. The Kier molecular flexibility index (Phi) is 5.95. The van der Waals surface area contributed by atoms with Gasteiger partial charge in [0.1, 0.15) is 0 Å². The number of nitrogens with zero attached hydrogens (tertiary/aromatic N) is 3. The molecule has 6 heteroatoms. The molecule has 0 spiro atoms. The number of benzene rings is 1. The summed E-state index contributed by atoms with van der Waals surface area (Å²) < 4.78 is 7.21. The average Bonchev–Trinajstić information content (AvgIpc) is 3.57. The van der Waals surface area contributed by atoms with Crippen LogP contribution in [0.5, 0.6) is 0 Å². The van der Waals surface area contributed by atoms with Gasteiger partial charge in [-0.05, 0) is 55.0 Å². The molecule has 5 nitrogen and oxygen atoms in total. The minimum absolute atomic E-state index is 0.126. The van der Waals surface area contributed by atoms with Crippen LogP contribution in [-0.4, -0.2) is 28.4 Å². The Balaban J connectivity index is 1.29. The first-order valence-electron chi connectivity index (χ1n) is 11.2. The van der Waals surface area contributed by atoms with Crippen molar-refractivity contribution in [3.8, 4) is 11.1 Å². The van der Waals surface area contributed by atoms with Crippen molar-refractivity contribution in [2.75, 3.05) is 18.0 Å². The van der Waals surface area contributed by atoms with E-state index in [4.69, 9.17) is 9.40 Å². The molecule has 1 aliphatic rings. The maximum Gasteiger partial charge on any atom is 0.185 e. The summed E-state index contributed by atoms with van der Waals surface area (Å²) in [5, 5.41) is 3.23. The van der Waals surface area contributed by atoms with E-state index >= 15 is 0 Å². The highest BCUT2D eigenvalue weighted by Gasteiger charge is 2.17. The van der Waals surface area contributed by atoms with Gasteiger partial charge in [-0.25, -0.2) is 4.98 Å². The molecule has 1 saturated heterocycles. The van der Waals surface area contributed by atoms with Crippen molar-refractivity contribution in [3.05, 3.63) is 83.0 Å². The lowest BCUT2D eigenvalue weighted by Gasteiger charge is -2.25. The predicted molar refractivity (Wildman–Crippen MR) is 129 cm³/mol. The number of carbonyl (C=O) groups excluding carboxylic acids is 1. The Morgan fingerprint density at radius 3 is 2.66 bits per heavy atom. The van der Waals surface area contributed by atoms with Crippen LogP contribution in [0.25, 0.3) is 11.1 Å².